The quantitative estimate of drug-likeness (QED) is 0.621. The van der Waals surface area contributed by atoms with E-state index >= 15 is 0 Å². The van der Waals surface area contributed by atoms with Crippen LogP contribution < -0.4 is 5.32 Å². The summed E-state index contributed by atoms with van der Waals surface area (Å²) in [4.78, 5) is 36.9. The number of amides is 3. The van der Waals surface area contributed by atoms with E-state index in [1.807, 2.05) is 30.3 Å². The van der Waals surface area contributed by atoms with Crippen LogP contribution in [0.5, 0.6) is 0 Å². The molecule has 0 aromatic heterocycles. The van der Waals surface area contributed by atoms with Crippen LogP contribution in [0.2, 0.25) is 0 Å². The molecule has 21 heavy (non-hydrogen) atoms. The van der Waals surface area contributed by atoms with Gasteiger partial charge < -0.3 is 5.32 Å². The van der Waals surface area contributed by atoms with Crippen LogP contribution in [0.4, 0.5) is 0 Å². The fraction of sp³-hybridized carbons (Fsp3) is 0.188. The zero-order valence-corrected chi connectivity index (χ0v) is 11.5. The number of hydrogen-bond acceptors (Lipinski definition) is 3. The molecule has 0 fully saturated rings. The molecule has 1 aromatic rings. The first-order valence-corrected chi connectivity index (χ1v) is 6.61. The minimum Gasteiger partial charge on any atom is -0.351 e. The zero-order valence-electron chi connectivity index (χ0n) is 11.5. The molecular weight excluding hydrogens is 268 g/mol. The molecule has 0 aliphatic carbocycles. The van der Waals surface area contributed by atoms with Gasteiger partial charge in [0, 0.05) is 25.1 Å². The van der Waals surface area contributed by atoms with E-state index in [9.17, 15) is 14.4 Å². The lowest BCUT2D eigenvalue weighted by atomic mass is 10.0. The molecule has 3 amide bonds. The monoisotopic (exact) mass is 284 g/mol. The number of rotatable bonds is 6. The van der Waals surface area contributed by atoms with Crippen LogP contribution in [-0.4, -0.2) is 35.2 Å². The molecule has 1 aliphatic rings. The highest BCUT2D eigenvalue weighted by molar-refractivity contribution is 6.15. The van der Waals surface area contributed by atoms with E-state index < -0.39 is 17.9 Å². The van der Waals surface area contributed by atoms with E-state index in [1.165, 1.54) is 12.2 Å². The van der Waals surface area contributed by atoms with Crippen molar-refractivity contribution in [2.24, 2.45) is 0 Å². The van der Waals surface area contributed by atoms with Crippen molar-refractivity contribution in [3.8, 4) is 0 Å². The molecule has 1 aliphatic heterocycles. The van der Waals surface area contributed by atoms with Gasteiger partial charge in [-0.3, -0.25) is 19.3 Å². The molecule has 0 bridgehead atoms. The van der Waals surface area contributed by atoms with Gasteiger partial charge in [0.2, 0.25) is 5.91 Å². The molecule has 1 N–H and O–H groups in total. The van der Waals surface area contributed by atoms with Crippen LogP contribution in [0.15, 0.2) is 55.1 Å². The van der Waals surface area contributed by atoms with Crippen molar-refractivity contribution in [1.82, 2.24) is 10.2 Å². The van der Waals surface area contributed by atoms with E-state index in [0.29, 0.717) is 0 Å². The Morgan fingerprint density at radius 2 is 1.81 bits per heavy atom. The summed E-state index contributed by atoms with van der Waals surface area (Å²) in [6.45, 7) is 3.81. The van der Waals surface area contributed by atoms with Crippen LogP contribution >= 0.6 is 0 Å². The van der Waals surface area contributed by atoms with Gasteiger partial charge in [0.05, 0.1) is 0 Å². The summed E-state index contributed by atoms with van der Waals surface area (Å²) in [5, 5.41) is 2.64. The molecule has 0 saturated heterocycles. The molecule has 2 rings (SSSR count). The van der Waals surface area contributed by atoms with Gasteiger partial charge >= 0.3 is 0 Å². The Hall–Kier alpha value is -2.69. The van der Waals surface area contributed by atoms with Crippen LogP contribution in [0, 0.1) is 0 Å². The topological polar surface area (TPSA) is 66.5 Å². The average molecular weight is 284 g/mol. The largest absolute Gasteiger partial charge is 0.351 e. The van der Waals surface area contributed by atoms with Crippen molar-refractivity contribution in [2.45, 2.75) is 12.5 Å². The smallest absolute Gasteiger partial charge is 0.254 e. The molecule has 1 heterocycles. The van der Waals surface area contributed by atoms with Crippen LogP contribution in [-0.2, 0) is 20.8 Å². The van der Waals surface area contributed by atoms with Crippen molar-refractivity contribution in [3.05, 3.63) is 60.7 Å². The SMILES string of the molecule is C=CCNC(=O)[C@H](Cc1ccccc1)N1C(=O)C=CC1=O. The normalized spacial score (nSPS) is 15.1. The van der Waals surface area contributed by atoms with E-state index in [2.05, 4.69) is 11.9 Å². The van der Waals surface area contributed by atoms with Crippen molar-refractivity contribution in [2.75, 3.05) is 6.54 Å². The number of nitrogens with zero attached hydrogens (tertiary/aromatic N) is 1. The minimum absolute atomic E-state index is 0.281. The molecule has 5 nitrogen and oxygen atoms in total. The lowest BCUT2D eigenvalue weighted by Gasteiger charge is -2.25. The highest BCUT2D eigenvalue weighted by Crippen LogP contribution is 2.14. The highest BCUT2D eigenvalue weighted by Gasteiger charge is 2.35. The summed E-state index contributed by atoms with van der Waals surface area (Å²) >= 11 is 0. The standard InChI is InChI=1S/C16H16N2O3/c1-2-10-17-16(21)13(11-12-6-4-3-5-7-12)18-14(19)8-9-15(18)20/h2-9,13H,1,10-11H2,(H,17,21)/t13-/m0/s1. The van der Waals surface area contributed by atoms with E-state index in [1.54, 1.807) is 6.08 Å². The van der Waals surface area contributed by atoms with Gasteiger partial charge in [-0.1, -0.05) is 36.4 Å². The maximum absolute atomic E-state index is 12.3. The summed E-state index contributed by atoms with van der Waals surface area (Å²) in [5.74, 6) is -1.30. The van der Waals surface area contributed by atoms with Gasteiger partial charge in [-0.05, 0) is 5.56 Å². The highest BCUT2D eigenvalue weighted by atomic mass is 16.2. The molecule has 0 saturated carbocycles. The first kappa shape index (κ1) is 14.7. The van der Waals surface area contributed by atoms with Gasteiger partial charge in [-0.15, -0.1) is 6.58 Å². The van der Waals surface area contributed by atoms with Gasteiger partial charge in [-0.2, -0.15) is 0 Å². The third kappa shape index (κ3) is 3.45. The number of imide groups is 1. The molecular formula is C16H16N2O3. The Morgan fingerprint density at radius 1 is 1.19 bits per heavy atom. The van der Waals surface area contributed by atoms with Gasteiger partial charge in [-0.25, -0.2) is 0 Å². The molecule has 0 unspecified atom stereocenters. The summed E-state index contributed by atoms with van der Waals surface area (Å²) in [6, 6.07) is 8.41. The summed E-state index contributed by atoms with van der Waals surface area (Å²) in [7, 11) is 0. The fourth-order valence-corrected chi connectivity index (χ4v) is 2.15. The van der Waals surface area contributed by atoms with E-state index in [4.69, 9.17) is 0 Å². The van der Waals surface area contributed by atoms with Crippen molar-refractivity contribution < 1.29 is 14.4 Å². The second kappa shape index (κ2) is 6.65. The Balaban J connectivity index is 2.22. The average Bonchev–Trinajstić information content (AvgIpc) is 2.82. The second-order valence-electron chi connectivity index (χ2n) is 4.62. The maximum Gasteiger partial charge on any atom is 0.254 e. The Kier molecular flexibility index (Phi) is 4.66. The summed E-state index contributed by atoms with van der Waals surface area (Å²) in [5.41, 5.74) is 0.878. The molecule has 0 radical (unpaired) electrons. The molecule has 5 heteroatoms. The molecule has 1 atom stereocenters. The Labute approximate surface area is 122 Å². The van der Waals surface area contributed by atoms with Crippen LogP contribution in [0.3, 0.4) is 0 Å². The second-order valence-corrected chi connectivity index (χ2v) is 4.62. The molecule has 108 valence electrons. The Morgan fingerprint density at radius 3 is 2.38 bits per heavy atom. The van der Waals surface area contributed by atoms with E-state index in [-0.39, 0.29) is 18.9 Å². The van der Waals surface area contributed by atoms with Crippen LogP contribution in [0.1, 0.15) is 5.56 Å². The zero-order chi connectivity index (χ0) is 15.2. The van der Waals surface area contributed by atoms with Gasteiger partial charge in [0.1, 0.15) is 6.04 Å². The van der Waals surface area contributed by atoms with E-state index in [0.717, 1.165) is 10.5 Å². The third-order valence-corrected chi connectivity index (χ3v) is 3.15. The fourth-order valence-electron chi connectivity index (χ4n) is 2.15. The maximum atomic E-state index is 12.3. The Bertz CT molecular complexity index is 575. The lowest BCUT2D eigenvalue weighted by molar-refractivity contribution is -0.145. The molecule has 0 spiro atoms. The number of nitrogens with one attached hydrogen (secondary N) is 1. The summed E-state index contributed by atoms with van der Waals surface area (Å²) < 4.78 is 0. The first-order valence-electron chi connectivity index (χ1n) is 6.61. The predicted molar refractivity (Wildman–Crippen MR) is 78.1 cm³/mol. The lowest BCUT2D eigenvalue weighted by Crippen LogP contribution is -2.50. The van der Waals surface area contributed by atoms with Crippen molar-refractivity contribution in [3.63, 3.8) is 0 Å². The predicted octanol–water partition coefficient (Wildman–Crippen LogP) is 0.825. The van der Waals surface area contributed by atoms with Gasteiger partial charge in [0.25, 0.3) is 11.8 Å². The number of hydrogen-bond donors (Lipinski definition) is 1. The third-order valence-electron chi connectivity index (χ3n) is 3.15. The number of benzene rings is 1. The van der Waals surface area contributed by atoms with Crippen molar-refractivity contribution in [1.29, 1.82) is 0 Å². The van der Waals surface area contributed by atoms with Crippen LogP contribution in [0.25, 0.3) is 0 Å². The number of carbonyl (C=O) groups excluding carboxylic acids is 3. The first-order chi connectivity index (χ1) is 10.1. The summed E-state index contributed by atoms with van der Waals surface area (Å²) in [6.07, 6.45) is 4.19. The van der Waals surface area contributed by atoms with Crippen molar-refractivity contribution >= 4 is 17.7 Å². The van der Waals surface area contributed by atoms with Gasteiger partial charge in [0.15, 0.2) is 0 Å². The number of carbonyl (C=O) groups is 3. The minimum atomic E-state index is -0.859. The molecule has 1 aromatic carbocycles.